The highest BCUT2D eigenvalue weighted by Gasteiger charge is 2.23. The minimum absolute atomic E-state index is 0.0127. The first-order valence-electron chi connectivity index (χ1n) is 10.6. The Balaban J connectivity index is 1.67. The van der Waals surface area contributed by atoms with Crippen molar-refractivity contribution in [2.45, 2.75) is 39.4 Å². The van der Waals surface area contributed by atoms with E-state index >= 15 is 0 Å². The molecule has 5 heteroatoms. The fraction of sp³-hybridized carbons (Fsp3) is 0.480. The van der Waals surface area contributed by atoms with Crippen molar-refractivity contribution < 1.29 is 19.0 Å². The van der Waals surface area contributed by atoms with E-state index in [1.54, 1.807) is 32.4 Å². The van der Waals surface area contributed by atoms with Crippen molar-refractivity contribution in [2.24, 2.45) is 5.92 Å². The summed E-state index contributed by atoms with van der Waals surface area (Å²) in [6.07, 6.45) is 1.50. The van der Waals surface area contributed by atoms with Gasteiger partial charge in [-0.2, -0.15) is 0 Å². The number of benzene rings is 2. The second-order valence-corrected chi connectivity index (χ2v) is 8.38. The fourth-order valence-electron chi connectivity index (χ4n) is 4.32. The summed E-state index contributed by atoms with van der Waals surface area (Å²) in [5.74, 6) is 1.65. The number of hydrogen-bond acceptors (Lipinski definition) is 5. The van der Waals surface area contributed by atoms with Gasteiger partial charge < -0.3 is 14.2 Å². The highest BCUT2D eigenvalue weighted by molar-refractivity contribution is 6.09. The first kappa shape index (κ1) is 22.3. The minimum Gasteiger partial charge on any atom is -0.493 e. The molecule has 0 amide bonds. The van der Waals surface area contributed by atoms with E-state index in [2.05, 4.69) is 31.7 Å². The minimum atomic E-state index is -0.0127. The second-order valence-electron chi connectivity index (χ2n) is 8.38. The average molecular weight is 412 g/mol. The van der Waals surface area contributed by atoms with Gasteiger partial charge in [0.05, 0.1) is 26.4 Å². The van der Waals surface area contributed by atoms with E-state index in [0.29, 0.717) is 28.5 Å². The van der Waals surface area contributed by atoms with E-state index in [9.17, 15) is 4.79 Å². The summed E-state index contributed by atoms with van der Waals surface area (Å²) in [5, 5.41) is 0. The SMILES string of the molecule is COc1ccc(C(=O)c2cccc(CC(C)CN3CC(C)OC(C)C3)c2)cc1OC. The third-order valence-electron chi connectivity index (χ3n) is 5.48. The molecule has 1 heterocycles. The van der Waals surface area contributed by atoms with Crippen molar-refractivity contribution in [2.75, 3.05) is 33.9 Å². The smallest absolute Gasteiger partial charge is 0.193 e. The van der Waals surface area contributed by atoms with Gasteiger partial charge in [0.25, 0.3) is 0 Å². The molecule has 3 rings (SSSR count). The van der Waals surface area contributed by atoms with Gasteiger partial charge in [0, 0.05) is 30.8 Å². The monoisotopic (exact) mass is 411 g/mol. The summed E-state index contributed by atoms with van der Waals surface area (Å²) in [5.41, 5.74) is 2.47. The van der Waals surface area contributed by atoms with Gasteiger partial charge in [-0.05, 0) is 56.0 Å². The lowest BCUT2D eigenvalue weighted by Crippen LogP contribution is -2.47. The maximum absolute atomic E-state index is 13.0. The molecular formula is C25H33NO4. The van der Waals surface area contributed by atoms with Crippen molar-refractivity contribution in [1.29, 1.82) is 0 Å². The van der Waals surface area contributed by atoms with Crippen LogP contribution < -0.4 is 9.47 Å². The molecule has 3 atom stereocenters. The number of nitrogens with zero attached hydrogens (tertiary/aromatic N) is 1. The second kappa shape index (κ2) is 10.1. The molecule has 0 N–H and O–H groups in total. The van der Waals surface area contributed by atoms with Crippen LogP contribution in [0.3, 0.4) is 0 Å². The van der Waals surface area contributed by atoms with Crippen LogP contribution in [0.4, 0.5) is 0 Å². The van der Waals surface area contributed by atoms with E-state index in [0.717, 1.165) is 26.1 Å². The highest BCUT2D eigenvalue weighted by atomic mass is 16.5. The zero-order valence-corrected chi connectivity index (χ0v) is 18.7. The number of hydrogen-bond donors (Lipinski definition) is 0. The third kappa shape index (κ3) is 5.61. The Labute approximate surface area is 179 Å². The number of ketones is 1. The molecule has 5 nitrogen and oxygen atoms in total. The van der Waals surface area contributed by atoms with Crippen LogP contribution in [0, 0.1) is 5.92 Å². The van der Waals surface area contributed by atoms with Crippen molar-refractivity contribution in [3.8, 4) is 11.5 Å². The van der Waals surface area contributed by atoms with Crippen LogP contribution >= 0.6 is 0 Å². The molecular weight excluding hydrogens is 378 g/mol. The number of methoxy groups -OCH3 is 2. The summed E-state index contributed by atoms with van der Waals surface area (Å²) in [6, 6.07) is 13.2. The van der Waals surface area contributed by atoms with Crippen molar-refractivity contribution >= 4 is 5.78 Å². The molecule has 1 fully saturated rings. The van der Waals surface area contributed by atoms with Gasteiger partial charge in [-0.25, -0.2) is 0 Å². The van der Waals surface area contributed by atoms with Crippen LogP contribution in [0.15, 0.2) is 42.5 Å². The molecule has 2 aromatic rings. The predicted molar refractivity (Wildman–Crippen MR) is 119 cm³/mol. The number of ether oxygens (including phenoxy) is 3. The van der Waals surface area contributed by atoms with E-state index in [1.165, 1.54) is 5.56 Å². The zero-order chi connectivity index (χ0) is 21.7. The van der Waals surface area contributed by atoms with Crippen LogP contribution in [0.2, 0.25) is 0 Å². The van der Waals surface area contributed by atoms with Crippen molar-refractivity contribution in [3.63, 3.8) is 0 Å². The molecule has 0 spiro atoms. The van der Waals surface area contributed by atoms with Crippen LogP contribution in [-0.4, -0.2) is 56.7 Å². The van der Waals surface area contributed by atoms with E-state index in [1.807, 2.05) is 18.2 Å². The van der Waals surface area contributed by atoms with Crippen molar-refractivity contribution in [3.05, 3.63) is 59.2 Å². The standard InChI is InChI=1S/C25H33NO4/c1-17(14-26-15-18(2)30-19(3)16-26)11-20-7-6-8-21(12-20)25(27)22-9-10-23(28-4)24(13-22)29-5/h6-10,12-13,17-19H,11,14-16H2,1-5H3. The molecule has 1 aliphatic heterocycles. The first-order chi connectivity index (χ1) is 14.4. The number of carbonyl (C=O) groups is 1. The molecule has 0 radical (unpaired) electrons. The zero-order valence-electron chi connectivity index (χ0n) is 18.7. The Morgan fingerprint density at radius 2 is 1.70 bits per heavy atom. The first-order valence-corrected chi connectivity index (χ1v) is 10.6. The summed E-state index contributed by atoms with van der Waals surface area (Å²) in [4.78, 5) is 15.5. The molecule has 0 aromatic heterocycles. The van der Waals surface area contributed by atoms with E-state index in [-0.39, 0.29) is 18.0 Å². The summed E-state index contributed by atoms with van der Waals surface area (Å²) < 4.78 is 16.4. The number of rotatable bonds is 8. The van der Waals surface area contributed by atoms with Gasteiger partial charge in [0.2, 0.25) is 0 Å². The maximum atomic E-state index is 13.0. The number of morpholine rings is 1. The van der Waals surface area contributed by atoms with Gasteiger partial charge in [-0.1, -0.05) is 25.1 Å². The topological polar surface area (TPSA) is 48.0 Å². The summed E-state index contributed by atoms with van der Waals surface area (Å²) in [7, 11) is 3.16. The van der Waals surface area contributed by atoms with Crippen LogP contribution in [0.1, 0.15) is 42.3 Å². The lowest BCUT2D eigenvalue weighted by molar-refractivity contribution is -0.0708. The normalized spacial score (nSPS) is 20.6. The lowest BCUT2D eigenvalue weighted by Gasteiger charge is -2.36. The Kier molecular flexibility index (Phi) is 7.51. The Bertz CT molecular complexity index is 856. The molecule has 3 unspecified atom stereocenters. The Morgan fingerprint density at radius 3 is 2.37 bits per heavy atom. The number of carbonyl (C=O) groups excluding carboxylic acids is 1. The van der Waals surface area contributed by atoms with Crippen LogP contribution in [-0.2, 0) is 11.2 Å². The average Bonchev–Trinajstić information content (AvgIpc) is 2.72. The molecule has 0 bridgehead atoms. The largest absolute Gasteiger partial charge is 0.493 e. The summed E-state index contributed by atoms with van der Waals surface area (Å²) in [6.45, 7) is 9.53. The molecule has 0 saturated carbocycles. The molecule has 0 aliphatic carbocycles. The van der Waals surface area contributed by atoms with Gasteiger partial charge >= 0.3 is 0 Å². The Hall–Kier alpha value is -2.37. The van der Waals surface area contributed by atoms with Gasteiger partial charge in [0.1, 0.15) is 0 Å². The van der Waals surface area contributed by atoms with Crippen molar-refractivity contribution in [1.82, 2.24) is 4.90 Å². The quantitative estimate of drug-likeness (QED) is 0.609. The molecule has 1 saturated heterocycles. The van der Waals surface area contributed by atoms with Gasteiger partial charge in [0.15, 0.2) is 17.3 Å². The van der Waals surface area contributed by atoms with Crippen LogP contribution in [0.25, 0.3) is 0 Å². The van der Waals surface area contributed by atoms with E-state index in [4.69, 9.17) is 14.2 Å². The van der Waals surface area contributed by atoms with Crippen LogP contribution in [0.5, 0.6) is 11.5 Å². The Morgan fingerprint density at radius 1 is 1.03 bits per heavy atom. The third-order valence-corrected chi connectivity index (χ3v) is 5.48. The molecule has 30 heavy (non-hydrogen) atoms. The highest BCUT2D eigenvalue weighted by Crippen LogP contribution is 2.28. The van der Waals surface area contributed by atoms with E-state index < -0.39 is 0 Å². The predicted octanol–water partition coefficient (Wildman–Crippen LogP) is 4.22. The summed E-state index contributed by atoms with van der Waals surface area (Å²) >= 11 is 0. The van der Waals surface area contributed by atoms with Gasteiger partial charge in [-0.3, -0.25) is 9.69 Å². The molecule has 1 aliphatic rings. The fourth-order valence-corrected chi connectivity index (χ4v) is 4.32. The lowest BCUT2D eigenvalue weighted by atomic mass is 9.96. The molecule has 162 valence electrons. The maximum Gasteiger partial charge on any atom is 0.193 e. The molecule has 2 aromatic carbocycles. The van der Waals surface area contributed by atoms with Gasteiger partial charge in [-0.15, -0.1) is 0 Å².